The van der Waals surface area contributed by atoms with Crippen LogP contribution in [0.2, 0.25) is 0 Å². The fourth-order valence-corrected chi connectivity index (χ4v) is 2.36. The van der Waals surface area contributed by atoms with Crippen molar-refractivity contribution in [2.45, 2.75) is 12.8 Å². The quantitative estimate of drug-likeness (QED) is 0.792. The molecular formula is C11H21ClN2O2. The van der Waals surface area contributed by atoms with E-state index in [4.69, 9.17) is 4.74 Å². The minimum absolute atomic E-state index is 0. The van der Waals surface area contributed by atoms with Crippen LogP contribution in [0.25, 0.3) is 0 Å². The lowest BCUT2D eigenvalue weighted by Gasteiger charge is -2.37. The Morgan fingerprint density at radius 2 is 2.25 bits per heavy atom. The van der Waals surface area contributed by atoms with Crippen molar-refractivity contribution in [3.8, 4) is 0 Å². The zero-order chi connectivity index (χ0) is 10.7. The van der Waals surface area contributed by atoms with E-state index in [0.29, 0.717) is 11.8 Å². The summed E-state index contributed by atoms with van der Waals surface area (Å²) in [6.45, 7) is 4.35. The van der Waals surface area contributed by atoms with Gasteiger partial charge in [-0.15, -0.1) is 12.4 Å². The zero-order valence-electron chi connectivity index (χ0n) is 9.78. The molecule has 2 fully saturated rings. The Labute approximate surface area is 103 Å². The molecule has 2 heterocycles. The first kappa shape index (κ1) is 13.7. The number of methoxy groups -OCH3 is 1. The molecule has 16 heavy (non-hydrogen) atoms. The van der Waals surface area contributed by atoms with Crippen LogP contribution in [0.3, 0.4) is 0 Å². The summed E-state index contributed by atoms with van der Waals surface area (Å²) < 4.78 is 5.16. The number of carbonyl (C=O) groups excluding carboxylic acids is 1. The maximum absolute atomic E-state index is 12.0. The number of rotatable bonds is 3. The van der Waals surface area contributed by atoms with Gasteiger partial charge in [0.1, 0.15) is 0 Å². The number of carbonyl (C=O) groups is 1. The van der Waals surface area contributed by atoms with E-state index in [9.17, 15) is 4.79 Å². The molecule has 5 heteroatoms. The summed E-state index contributed by atoms with van der Waals surface area (Å²) in [7, 11) is 1.73. The molecule has 0 saturated carbocycles. The van der Waals surface area contributed by atoms with Gasteiger partial charge in [0.05, 0.1) is 12.5 Å². The smallest absolute Gasteiger partial charge is 0.228 e. The molecule has 1 atom stereocenters. The largest absolute Gasteiger partial charge is 0.384 e. The number of nitrogens with zero attached hydrogens (tertiary/aromatic N) is 1. The molecule has 0 aromatic heterocycles. The van der Waals surface area contributed by atoms with E-state index in [-0.39, 0.29) is 18.3 Å². The normalized spacial score (nSPS) is 25.8. The van der Waals surface area contributed by atoms with Gasteiger partial charge in [-0.1, -0.05) is 0 Å². The van der Waals surface area contributed by atoms with Crippen LogP contribution in [0.15, 0.2) is 0 Å². The molecule has 0 aromatic rings. The van der Waals surface area contributed by atoms with Crippen LogP contribution in [0, 0.1) is 11.8 Å². The Bertz CT molecular complexity index is 232. The summed E-state index contributed by atoms with van der Waals surface area (Å²) >= 11 is 0. The second-order valence-corrected chi connectivity index (χ2v) is 4.60. The molecule has 4 nitrogen and oxygen atoms in total. The van der Waals surface area contributed by atoms with Crippen LogP contribution in [-0.2, 0) is 9.53 Å². The molecule has 2 aliphatic rings. The van der Waals surface area contributed by atoms with Gasteiger partial charge in [0.15, 0.2) is 0 Å². The molecule has 1 N–H and O–H groups in total. The highest BCUT2D eigenvalue weighted by molar-refractivity contribution is 5.85. The predicted molar refractivity (Wildman–Crippen MR) is 64.8 cm³/mol. The van der Waals surface area contributed by atoms with E-state index in [1.54, 1.807) is 7.11 Å². The molecule has 94 valence electrons. The number of halogens is 1. The molecule has 2 aliphatic heterocycles. The van der Waals surface area contributed by atoms with Crippen molar-refractivity contribution in [3.63, 3.8) is 0 Å². The van der Waals surface area contributed by atoms with Crippen molar-refractivity contribution in [2.24, 2.45) is 11.8 Å². The van der Waals surface area contributed by atoms with Gasteiger partial charge in [-0.3, -0.25) is 4.79 Å². The topological polar surface area (TPSA) is 41.6 Å². The van der Waals surface area contributed by atoms with Gasteiger partial charge < -0.3 is 15.0 Å². The number of nitrogens with one attached hydrogen (secondary N) is 1. The third-order valence-corrected chi connectivity index (χ3v) is 3.36. The minimum Gasteiger partial charge on any atom is -0.384 e. The van der Waals surface area contributed by atoms with Crippen molar-refractivity contribution in [2.75, 3.05) is 39.9 Å². The molecule has 2 rings (SSSR count). The summed E-state index contributed by atoms with van der Waals surface area (Å²) in [5.74, 6) is 1.13. The van der Waals surface area contributed by atoms with Crippen molar-refractivity contribution in [1.29, 1.82) is 0 Å². The maximum atomic E-state index is 12.0. The molecule has 0 bridgehead atoms. The fourth-order valence-electron chi connectivity index (χ4n) is 2.36. The van der Waals surface area contributed by atoms with E-state index in [1.807, 2.05) is 4.90 Å². The summed E-state index contributed by atoms with van der Waals surface area (Å²) in [5, 5.41) is 3.15. The van der Waals surface area contributed by atoms with Gasteiger partial charge in [-0.05, 0) is 18.8 Å². The number of likely N-dealkylation sites (tertiary alicyclic amines) is 1. The molecule has 0 aliphatic carbocycles. The third-order valence-electron chi connectivity index (χ3n) is 3.36. The van der Waals surface area contributed by atoms with Gasteiger partial charge in [-0.25, -0.2) is 0 Å². The Morgan fingerprint density at radius 1 is 1.50 bits per heavy atom. The van der Waals surface area contributed by atoms with Crippen molar-refractivity contribution >= 4 is 18.3 Å². The fraction of sp³-hybridized carbons (Fsp3) is 0.909. The van der Waals surface area contributed by atoms with Gasteiger partial charge in [0, 0.05) is 33.3 Å². The van der Waals surface area contributed by atoms with Crippen LogP contribution in [0.5, 0.6) is 0 Å². The molecule has 2 saturated heterocycles. The van der Waals surface area contributed by atoms with Crippen molar-refractivity contribution in [1.82, 2.24) is 10.2 Å². The van der Waals surface area contributed by atoms with Crippen molar-refractivity contribution < 1.29 is 9.53 Å². The highest BCUT2D eigenvalue weighted by Gasteiger charge is 2.31. The highest BCUT2D eigenvalue weighted by atomic mass is 35.5. The first-order valence-electron chi connectivity index (χ1n) is 5.79. The summed E-state index contributed by atoms with van der Waals surface area (Å²) in [6.07, 6.45) is 2.32. The van der Waals surface area contributed by atoms with Gasteiger partial charge in [0.25, 0.3) is 0 Å². The standard InChI is InChI=1S/C11H20N2O2.ClH/c1-15-8-9-3-2-4-13(7-9)11(14)10-5-12-6-10;/h9-10,12H,2-8H2,1H3;1H. The lowest BCUT2D eigenvalue weighted by molar-refractivity contribution is -0.139. The Balaban J connectivity index is 0.00000128. The summed E-state index contributed by atoms with van der Waals surface area (Å²) in [4.78, 5) is 14.0. The first-order chi connectivity index (χ1) is 7.31. The SMILES string of the molecule is COCC1CCCN(C(=O)C2CNC2)C1.Cl. The highest BCUT2D eigenvalue weighted by Crippen LogP contribution is 2.19. The number of hydrogen-bond donors (Lipinski definition) is 1. The van der Waals surface area contributed by atoms with E-state index < -0.39 is 0 Å². The number of amides is 1. The first-order valence-corrected chi connectivity index (χ1v) is 5.79. The Hall–Kier alpha value is -0.320. The zero-order valence-corrected chi connectivity index (χ0v) is 10.6. The summed E-state index contributed by atoms with van der Waals surface area (Å²) in [5.41, 5.74) is 0. The summed E-state index contributed by atoms with van der Waals surface area (Å²) in [6, 6.07) is 0. The monoisotopic (exact) mass is 248 g/mol. The molecule has 0 spiro atoms. The molecular weight excluding hydrogens is 228 g/mol. The van der Waals surface area contributed by atoms with E-state index >= 15 is 0 Å². The lowest BCUT2D eigenvalue weighted by Crippen LogP contribution is -2.54. The van der Waals surface area contributed by atoms with Gasteiger partial charge in [-0.2, -0.15) is 0 Å². The second-order valence-electron chi connectivity index (χ2n) is 4.60. The number of ether oxygens (including phenoxy) is 1. The average molecular weight is 249 g/mol. The van der Waals surface area contributed by atoms with Crippen LogP contribution in [0.4, 0.5) is 0 Å². The van der Waals surface area contributed by atoms with E-state index in [2.05, 4.69) is 5.32 Å². The third kappa shape index (κ3) is 3.09. The number of hydrogen-bond acceptors (Lipinski definition) is 3. The van der Waals surface area contributed by atoms with Crippen LogP contribution in [0.1, 0.15) is 12.8 Å². The molecule has 1 unspecified atom stereocenters. The Morgan fingerprint density at radius 3 is 2.81 bits per heavy atom. The van der Waals surface area contributed by atoms with Gasteiger partial charge in [0.2, 0.25) is 5.91 Å². The van der Waals surface area contributed by atoms with Crippen LogP contribution >= 0.6 is 12.4 Å². The minimum atomic E-state index is 0. The van der Waals surface area contributed by atoms with Crippen LogP contribution in [-0.4, -0.2) is 50.7 Å². The van der Waals surface area contributed by atoms with E-state index in [0.717, 1.165) is 39.2 Å². The molecule has 0 radical (unpaired) electrons. The van der Waals surface area contributed by atoms with E-state index in [1.165, 1.54) is 6.42 Å². The number of piperidine rings is 1. The maximum Gasteiger partial charge on any atom is 0.228 e. The lowest BCUT2D eigenvalue weighted by atomic mass is 9.95. The Kier molecular flexibility index (Phi) is 5.52. The average Bonchev–Trinajstić information content (AvgIpc) is 2.16. The predicted octanol–water partition coefficient (Wildman–Crippen LogP) is 0.513. The molecule has 1 amide bonds. The van der Waals surface area contributed by atoms with Gasteiger partial charge >= 0.3 is 0 Å². The molecule has 0 aromatic carbocycles. The van der Waals surface area contributed by atoms with Crippen LogP contribution < -0.4 is 5.32 Å². The second kappa shape index (κ2) is 6.42. The van der Waals surface area contributed by atoms with Crippen molar-refractivity contribution in [3.05, 3.63) is 0 Å².